The zero-order valence-corrected chi connectivity index (χ0v) is 15.2. The fourth-order valence-corrected chi connectivity index (χ4v) is 3.74. The summed E-state index contributed by atoms with van der Waals surface area (Å²) in [6.07, 6.45) is 0. The molecule has 0 N–H and O–H groups in total. The third kappa shape index (κ3) is 3.87. The van der Waals surface area contributed by atoms with E-state index in [1.165, 1.54) is 25.2 Å². The number of nitro groups is 1. The molecule has 0 aliphatic rings. The number of rotatable bonds is 5. The van der Waals surface area contributed by atoms with Gasteiger partial charge in [0, 0.05) is 35.3 Å². The molecular weight excluding hydrogens is 375 g/mol. The lowest BCUT2D eigenvalue weighted by Gasteiger charge is -2.18. The summed E-state index contributed by atoms with van der Waals surface area (Å²) in [4.78, 5) is 10.3. The molecule has 2 aromatic rings. The molecule has 0 radical (unpaired) electrons. The van der Waals surface area contributed by atoms with E-state index in [0.29, 0.717) is 21.2 Å². The van der Waals surface area contributed by atoms with Gasteiger partial charge < -0.3 is 0 Å². The first-order chi connectivity index (χ1) is 11.1. The van der Waals surface area contributed by atoms with Gasteiger partial charge in [-0.05, 0) is 30.7 Å². The van der Waals surface area contributed by atoms with Crippen LogP contribution in [0.3, 0.4) is 0 Å². The maximum absolute atomic E-state index is 12.6. The fourth-order valence-electron chi connectivity index (χ4n) is 2.10. The van der Waals surface area contributed by atoms with Gasteiger partial charge in [-0.2, -0.15) is 4.31 Å². The SMILES string of the molecule is Cc1ccc(S(=O)(=O)N(C)Cc2ccc(Cl)cc2Cl)cc1[N+](=O)[O-]. The van der Waals surface area contributed by atoms with E-state index >= 15 is 0 Å². The highest BCUT2D eigenvalue weighted by Gasteiger charge is 2.24. The molecular formula is C15H14Cl2N2O4S. The lowest BCUT2D eigenvalue weighted by atomic mass is 10.2. The van der Waals surface area contributed by atoms with Crippen molar-refractivity contribution in [1.82, 2.24) is 4.31 Å². The highest BCUT2D eigenvalue weighted by atomic mass is 35.5. The molecule has 0 saturated carbocycles. The van der Waals surface area contributed by atoms with Gasteiger partial charge in [0.05, 0.1) is 9.82 Å². The van der Waals surface area contributed by atoms with Gasteiger partial charge in [-0.25, -0.2) is 8.42 Å². The van der Waals surface area contributed by atoms with Crippen molar-refractivity contribution >= 4 is 38.9 Å². The summed E-state index contributed by atoms with van der Waals surface area (Å²) in [5.41, 5.74) is 0.727. The highest BCUT2D eigenvalue weighted by molar-refractivity contribution is 7.89. The van der Waals surface area contributed by atoms with Gasteiger partial charge in [-0.15, -0.1) is 0 Å². The third-order valence-corrected chi connectivity index (χ3v) is 5.88. The number of hydrogen-bond donors (Lipinski definition) is 0. The number of benzene rings is 2. The van der Waals surface area contributed by atoms with Gasteiger partial charge in [0.1, 0.15) is 0 Å². The summed E-state index contributed by atoms with van der Waals surface area (Å²) < 4.78 is 26.3. The van der Waals surface area contributed by atoms with E-state index in [9.17, 15) is 18.5 Å². The molecule has 0 unspecified atom stereocenters. The average molecular weight is 389 g/mol. The molecule has 0 aromatic heterocycles. The molecule has 2 aromatic carbocycles. The second-order valence-electron chi connectivity index (χ2n) is 5.20. The smallest absolute Gasteiger partial charge is 0.258 e. The third-order valence-electron chi connectivity index (χ3n) is 3.49. The minimum Gasteiger partial charge on any atom is -0.258 e. The van der Waals surface area contributed by atoms with E-state index in [1.54, 1.807) is 19.1 Å². The van der Waals surface area contributed by atoms with Crippen molar-refractivity contribution in [2.45, 2.75) is 18.4 Å². The molecule has 0 bridgehead atoms. The normalized spacial score (nSPS) is 11.7. The number of sulfonamides is 1. The van der Waals surface area contributed by atoms with E-state index in [2.05, 4.69) is 0 Å². The molecule has 2 rings (SSSR count). The van der Waals surface area contributed by atoms with Gasteiger partial charge >= 0.3 is 0 Å². The van der Waals surface area contributed by atoms with Crippen LogP contribution in [0, 0.1) is 17.0 Å². The maximum Gasteiger partial charge on any atom is 0.273 e. The fraction of sp³-hybridized carbons (Fsp3) is 0.200. The summed E-state index contributed by atoms with van der Waals surface area (Å²) in [5.74, 6) is 0. The van der Waals surface area contributed by atoms with Crippen LogP contribution in [0.1, 0.15) is 11.1 Å². The Morgan fingerprint density at radius 2 is 1.83 bits per heavy atom. The van der Waals surface area contributed by atoms with Gasteiger partial charge in [0.2, 0.25) is 10.0 Å². The molecule has 0 saturated heterocycles. The number of nitro benzene ring substituents is 1. The van der Waals surface area contributed by atoms with Crippen LogP contribution in [-0.4, -0.2) is 24.7 Å². The lowest BCUT2D eigenvalue weighted by Crippen LogP contribution is -2.26. The Labute approximate surface area is 149 Å². The van der Waals surface area contributed by atoms with Crippen molar-refractivity contribution in [2.75, 3.05) is 7.05 Å². The Hall–Kier alpha value is -1.67. The van der Waals surface area contributed by atoms with Crippen molar-refractivity contribution < 1.29 is 13.3 Å². The first-order valence-corrected chi connectivity index (χ1v) is 8.98. The van der Waals surface area contributed by atoms with Gasteiger partial charge in [-0.3, -0.25) is 10.1 Å². The van der Waals surface area contributed by atoms with Crippen molar-refractivity contribution in [2.24, 2.45) is 0 Å². The van der Waals surface area contributed by atoms with Crippen molar-refractivity contribution in [3.63, 3.8) is 0 Å². The Morgan fingerprint density at radius 1 is 1.17 bits per heavy atom. The molecule has 0 spiro atoms. The first kappa shape index (κ1) is 18.7. The molecule has 0 fully saturated rings. The monoisotopic (exact) mass is 388 g/mol. The first-order valence-electron chi connectivity index (χ1n) is 6.78. The standard InChI is InChI=1S/C15H14Cl2N2O4S/c1-10-3-6-13(8-15(10)19(20)21)24(22,23)18(2)9-11-4-5-12(16)7-14(11)17/h3-8H,9H2,1-2H3. The quantitative estimate of drug-likeness (QED) is 0.571. The maximum atomic E-state index is 12.6. The number of halogens is 2. The summed E-state index contributed by atoms with van der Waals surface area (Å²) >= 11 is 11.9. The molecule has 6 nitrogen and oxygen atoms in total. The Morgan fingerprint density at radius 3 is 2.42 bits per heavy atom. The number of aryl methyl sites for hydroxylation is 1. The molecule has 9 heteroatoms. The zero-order chi connectivity index (χ0) is 18.1. The lowest BCUT2D eigenvalue weighted by molar-refractivity contribution is -0.385. The van der Waals surface area contributed by atoms with Crippen molar-refractivity contribution in [1.29, 1.82) is 0 Å². The van der Waals surface area contributed by atoms with Crippen LogP contribution < -0.4 is 0 Å². The van der Waals surface area contributed by atoms with Crippen LogP contribution in [0.4, 0.5) is 5.69 Å². The molecule has 128 valence electrons. The summed E-state index contributed by atoms with van der Waals surface area (Å²) in [6.45, 7) is 1.56. The highest BCUT2D eigenvalue weighted by Crippen LogP contribution is 2.27. The van der Waals surface area contributed by atoms with Crippen LogP contribution in [0.2, 0.25) is 10.0 Å². The molecule has 0 heterocycles. The Balaban J connectivity index is 2.36. The summed E-state index contributed by atoms with van der Waals surface area (Å²) in [6, 6.07) is 8.58. The van der Waals surface area contributed by atoms with Crippen molar-refractivity contribution in [3.8, 4) is 0 Å². The molecule has 0 atom stereocenters. The molecule has 0 amide bonds. The second kappa shape index (κ2) is 7.06. The van der Waals surface area contributed by atoms with Crippen LogP contribution in [0.25, 0.3) is 0 Å². The van der Waals surface area contributed by atoms with Gasteiger partial charge in [0.25, 0.3) is 5.69 Å². The predicted octanol–water partition coefficient (Wildman–Crippen LogP) is 4.03. The average Bonchev–Trinajstić information content (AvgIpc) is 2.49. The molecule has 24 heavy (non-hydrogen) atoms. The minimum atomic E-state index is -3.90. The van der Waals surface area contributed by atoms with E-state index < -0.39 is 14.9 Å². The number of hydrogen-bond acceptors (Lipinski definition) is 4. The largest absolute Gasteiger partial charge is 0.273 e. The Kier molecular flexibility index (Phi) is 5.49. The van der Waals surface area contributed by atoms with Gasteiger partial charge in [-0.1, -0.05) is 35.3 Å². The van der Waals surface area contributed by atoms with Crippen LogP contribution in [0.15, 0.2) is 41.3 Å². The summed E-state index contributed by atoms with van der Waals surface area (Å²) in [5, 5.41) is 11.8. The predicted molar refractivity (Wildman–Crippen MR) is 92.9 cm³/mol. The minimum absolute atomic E-state index is 0.0139. The molecule has 0 aliphatic carbocycles. The van der Waals surface area contributed by atoms with E-state index in [0.717, 1.165) is 10.4 Å². The van der Waals surface area contributed by atoms with Crippen LogP contribution in [0.5, 0.6) is 0 Å². The van der Waals surface area contributed by atoms with E-state index in [-0.39, 0.29) is 17.1 Å². The van der Waals surface area contributed by atoms with Crippen molar-refractivity contribution in [3.05, 3.63) is 67.7 Å². The van der Waals surface area contributed by atoms with E-state index in [1.807, 2.05) is 0 Å². The second-order valence-corrected chi connectivity index (χ2v) is 8.09. The van der Waals surface area contributed by atoms with Crippen LogP contribution >= 0.6 is 23.2 Å². The van der Waals surface area contributed by atoms with Gasteiger partial charge in [0.15, 0.2) is 0 Å². The van der Waals surface area contributed by atoms with Crippen LogP contribution in [-0.2, 0) is 16.6 Å². The topological polar surface area (TPSA) is 80.5 Å². The number of nitrogens with zero attached hydrogens (tertiary/aromatic N) is 2. The molecule has 0 aliphatic heterocycles. The Bertz CT molecular complexity index is 900. The van der Waals surface area contributed by atoms with E-state index in [4.69, 9.17) is 23.2 Å². The zero-order valence-electron chi connectivity index (χ0n) is 12.9. The summed E-state index contributed by atoms with van der Waals surface area (Å²) in [7, 11) is -2.52.